The summed E-state index contributed by atoms with van der Waals surface area (Å²) in [5, 5.41) is 12.3. The van der Waals surface area contributed by atoms with Crippen LogP contribution in [0, 0.1) is 0 Å². The third-order valence-electron chi connectivity index (χ3n) is 7.43. The van der Waals surface area contributed by atoms with E-state index in [4.69, 9.17) is 4.42 Å². The molecule has 1 aromatic heterocycles. The first kappa shape index (κ1) is 18.8. The van der Waals surface area contributed by atoms with Gasteiger partial charge in [0, 0.05) is 16.2 Å². The van der Waals surface area contributed by atoms with E-state index < -0.39 is 0 Å². The molecule has 0 saturated heterocycles. The van der Waals surface area contributed by atoms with Crippen molar-refractivity contribution in [3.8, 4) is 11.1 Å². The largest absolute Gasteiger partial charge is 0.455 e. The maximum Gasteiger partial charge on any atom is 0.143 e. The van der Waals surface area contributed by atoms with Crippen LogP contribution < -0.4 is 0 Å². The zero-order valence-corrected chi connectivity index (χ0v) is 19.0. The van der Waals surface area contributed by atoms with Crippen molar-refractivity contribution in [1.29, 1.82) is 0 Å². The normalized spacial score (nSPS) is 12.0. The quantitative estimate of drug-likeness (QED) is 0.230. The van der Waals surface area contributed by atoms with E-state index in [1.54, 1.807) is 0 Å². The molecule has 0 amide bonds. The molecule has 1 heteroatoms. The molecule has 0 spiro atoms. The maximum atomic E-state index is 6.52. The van der Waals surface area contributed by atoms with E-state index in [1.807, 2.05) is 6.07 Å². The monoisotopic (exact) mass is 444 g/mol. The SMILES string of the molecule is c1ccc2c(c1)cc(-c1cc3ccccc3c3c1ccc1c4ccccc4oc13)c1ccccc12. The minimum absolute atomic E-state index is 0.931. The predicted octanol–water partition coefficient (Wildman–Crippen LogP) is 9.87. The smallest absolute Gasteiger partial charge is 0.143 e. The van der Waals surface area contributed by atoms with Gasteiger partial charge in [-0.3, -0.25) is 0 Å². The van der Waals surface area contributed by atoms with Crippen molar-refractivity contribution < 1.29 is 4.42 Å². The van der Waals surface area contributed by atoms with Gasteiger partial charge in [0.1, 0.15) is 11.2 Å². The molecule has 7 aromatic carbocycles. The zero-order chi connectivity index (χ0) is 22.9. The molecule has 0 N–H and O–H groups in total. The number of para-hydroxylation sites is 1. The van der Waals surface area contributed by atoms with Gasteiger partial charge < -0.3 is 4.42 Å². The van der Waals surface area contributed by atoms with Crippen molar-refractivity contribution in [2.45, 2.75) is 0 Å². The minimum Gasteiger partial charge on any atom is -0.455 e. The van der Waals surface area contributed by atoms with E-state index >= 15 is 0 Å². The molecule has 0 bridgehead atoms. The summed E-state index contributed by atoms with van der Waals surface area (Å²) in [7, 11) is 0. The van der Waals surface area contributed by atoms with Crippen molar-refractivity contribution >= 4 is 65.0 Å². The Hall–Kier alpha value is -4.62. The Kier molecular flexibility index (Phi) is 3.72. The van der Waals surface area contributed by atoms with Gasteiger partial charge in [-0.2, -0.15) is 0 Å². The molecule has 0 saturated carbocycles. The van der Waals surface area contributed by atoms with Crippen molar-refractivity contribution in [1.82, 2.24) is 0 Å². The minimum atomic E-state index is 0.931. The van der Waals surface area contributed by atoms with Crippen LogP contribution in [0.2, 0.25) is 0 Å². The summed E-state index contributed by atoms with van der Waals surface area (Å²) >= 11 is 0. The third-order valence-corrected chi connectivity index (χ3v) is 7.43. The lowest BCUT2D eigenvalue weighted by atomic mass is 9.88. The fourth-order valence-electron chi connectivity index (χ4n) is 5.86. The van der Waals surface area contributed by atoms with Gasteiger partial charge in [0.2, 0.25) is 0 Å². The Bertz CT molecular complexity index is 2110. The predicted molar refractivity (Wildman–Crippen MR) is 149 cm³/mol. The van der Waals surface area contributed by atoms with E-state index in [0.717, 1.165) is 16.6 Å². The second-order valence-corrected chi connectivity index (χ2v) is 9.30. The second kappa shape index (κ2) is 6.94. The van der Waals surface area contributed by atoms with Crippen LogP contribution in [0.25, 0.3) is 76.2 Å². The molecule has 8 aromatic rings. The standard InChI is InChI=1S/C34H20O/c1-3-11-23-21(9-1)19-30(26-14-6-5-13-25(23)26)31-20-22-10-2-4-12-24(22)33-28(31)17-18-29-27-15-7-8-16-32(27)35-34(29)33/h1-20H. The van der Waals surface area contributed by atoms with Gasteiger partial charge in [-0.1, -0.05) is 97.1 Å². The summed E-state index contributed by atoms with van der Waals surface area (Å²) in [5.41, 5.74) is 4.39. The molecule has 0 aliphatic heterocycles. The first-order valence-electron chi connectivity index (χ1n) is 12.0. The Balaban J connectivity index is 1.61. The molecule has 162 valence electrons. The van der Waals surface area contributed by atoms with Crippen LogP contribution >= 0.6 is 0 Å². The average Bonchev–Trinajstić information content (AvgIpc) is 3.31. The van der Waals surface area contributed by atoms with E-state index in [-0.39, 0.29) is 0 Å². The van der Waals surface area contributed by atoms with Gasteiger partial charge in [-0.15, -0.1) is 0 Å². The van der Waals surface area contributed by atoms with Crippen LogP contribution in [0.4, 0.5) is 0 Å². The second-order valence-electron chi connectivity index (χ2n) is 9.30. The van der Waals surface area contributed by atoms with Gasteiger partial charge in [0.05, 0.1) is 0 Å². The third kappa shape index (κ3) is 2.58. The molecule has 1 nitrogen and oxygen atoms in total. The van der Waals surface area contributed by atoms with Crippen molar-refractivity contribution in [3.05, 3.63) is 121 Å². The number of rotatable bonds is 1. The fourth-order valence-corrected chi connectivity index (χ4v) is 5.86. The lowest BCUT2D eigenvalue weighted by Crippen LogP contribution is -1.88. The molecule has 1 heterocycles. The molecule has 8 rings (SSSR count). The number of hydrogen-bond acceptors (Lipinski definition) is 1. The maximum absolute atomic E-state index is 6.52. The molecule has 0 aliphatic carbocycles. The first-order chi connectivity index (χ1) is 17.4. The van der Waals surface area contributed by atoms with Gasteiger partial charge >= 0.3 is 0 Å². The molecule has 0 aliphatic rings. The summed E-state index contributed by atoms with van der Waals surface area (Å²) in [6.07, 6.45) is 0. The molecular formula is C34H20O. The van der Waals surface area contributed by atoms with Gasteiger partial charge in [0.25, 0.3) is 0 Å². The lowest BCUT2D eigenvalue weighted by molar-refractivity contribution is 0.673. The lowest BCUT2D eigenvalue weighted by Gasteiger charge is -2.15. The highest BCUT2D eigenvalue weighted by molar-refractivity contribution is 6.27. The summed E-state index contributed by atoms with van der Waals surface area (Å²) in [6, 6.07) is 43.6. The van der Waals surface area contributed by atoms with E-state index in [1.165, 1.54) is 59.6 Å². The van der Waals surface area contributed by atoms with E-state index in [2.05, 4.69) is 115 Å². The summed E-state index contributed by atoms with van der Waals surface area (Å²) in [4.78, 5) is 0. The van der Waals surface area contributed by atoms with Crippen LogP contribution in [0.5, 0.6) is 0 Å². The van der Waals surface area contributed by atoms with Gasteiger partial charge in [0.15, 0.2) is 0 Å². The highest BCUT2D eigenvalue weighted by atomic mass is 16.3. The summed E-state index contributed by atoms with van der Waals surface area (Å²) in [6.45, 7) is 0. The fraction of sp³-hybridized carbons (Fsp3) is 0. The first-order valence-corrected chi connectivity index (χ1v) is 12.0. The van der Waals surface area contributed by atoms with Gasteiger partial charge in [-0.25, -0.2) is 0 Å². The number of fused-ring (bicyclic) bond motifs is 10. The molecule has 0 unspecified atom stereocenters. The van der Waals surface area contributed by atoms with Crippen LogP contribution in [-0.4, -0.2) is 0 Å². The molecule has 0 radical (unpaired) electrons. The summed E-state index contributed by atoms with van der Waals surface area (Å²) < 4.78 is 6.52. The molecule has 35 heavy (non-hydrogen) atoms. The number of furan rings is 1. The van der Waals surface area contributed by atoms with E-state index in [0.29, 0.717) is 0 Å². The van der Waals surface area contributed by atoms with Gasteiger partial charge in [-0.05, 0) is 73.1 Å². The molecule has 0 atom stereocenters. The Morgan fingerprint density at radius 3 is 1.71 bits per heavy atom. The highest BCUT2D eigenvalue weighted by Crippen LogP contribution is 2.44. The average molecular weight is 445 g/mol. The van der Waals surface area contributed by atoms with Crippen molar-refractivity contribution in [3.63, 3.8) is 0 Å². The van der Waals surface area contributed by atoms with Crippen LogP contribution in [0.15, 0.2) is 126 Å². The topological polar surface area (TPSA) is 13.1 Å². The van der Waals surface area contributed by atoms with Crippen molar-refractivity contribution in [2.75, 3.05) is 0 Å². The van der Waals surface area contributed by atoms with Crippen LogP contribution in [0.1, 0.15) is 0 Å². The van der Waals surface area contributed by atoms with E-state index in [9.17, 15) is 0 Å². The zero-order valence-electron chi connectivity index (χ0n) is 19.0. The Morgan fingerprint density at radius 1 is 0.371 bits per heavy atom. The molecular weight excluding hydrogens is 424 g/mol. The Labute approximate surface area is 201 Å². The van der Waals surface area contributed by atoms with Crippen molar-refractivity contribution in [2.24, 2.45) is 0 Å². The highest BCUT2D eigenvalue weighted by Gasteiger charge is 2.17. The molecule has 0 fully saturated rings. The summed E-state index contributed by atoms with van der Waals surface area (Å²) in [5.74, 6) is 0. The number of benzene rings is 7. The Morgan fingerprint density at radius 2 is 0.914 bits per heavy atom. The number of hydrogen-bond donors (Lipinski definition) is 0. The van der Waals surface area contributed by atoms with Crippen LogP contribution in [0.3, 0.4) is 0 Å². The van der Waals surface area contributed by atoms with Crippen LogP contribution in [-0.2, 0) is 0 Å².